The second-order valence-electron chi connectivity index (χ2n) is 3.61. The predicted molar refractivity (Wildman–Crippen MR) is 54.8 cm³/mol. The van der Waals surface area contributed by atoms with Gasteiger partial charge >= 0.3 is 0 Å². The van der Waals surface area contributed by atoms with Crippen LogP contribution in [0.15, 0.2) is 16.4 Å². The van der Waals surface area contributed by atoms with Crippen molar-refractivity contribution in [2.45, 2.75) is 13.8 Å². The van der Waals surface area contributed by atoms with Crippen molar-refractivity contribution >= 4 is 29.8 Å². The van der Waals surface area contributed by atoms with E-state index in [2.05, 4.69) is 36.4 Å². The van der Waals surface area contributed by atoms with Gasteiger partial charge in [-0.25, -0.2) is 0 Å². The van der Waals surface area contributed by atoms with Crippen molar-refractivity contribution in [1.82, 2.24) is 0 Å². The number of hydrogen-bond acceptors (Lipinski definition) is 2. The minimum atomic E-state index is 0.0861. The number of aliphatic imine (C=N–C) groups is 1. The molecule has 0 aliphatic carbocycles. The van der Waals surface area contributed by atoms with Crippen molar-refractivity contribution in [2.75, 3.05) is 0 Å². The fraction of sp³-hybridized carbons (Fsp3) is 0.300. The van der Waals surface area contributed by atoms with Crippen molar-refractivity contribution < 1.29 is 0 Å². The summed E-state index contributed by atoms with van der Waals surface area (Å²) in [4.78, 5) is 4.27. The SMILES string of the molecule is CC1(C)C=NC=c2sccc2=C1. The van der Waals surface area contributed by atoms with Crippen molar-refractivity contribution in [3.63, 3.8) is 0 Å². The Bertz CT molecular complexity index is 423. The van der Waals surface area contributed by atoms with E-state index >= 15 is 0 Å². The van der Waals surface area contributed by atoms with E-state index in [0.29, 0.717) is 0 Å². The molecule has 2 heterocycles. The summed E-state index contributed by atoms with van der Waals surface area (Å²) in [5, 5.41) is 3.41. The van der Waals surface area contributed by atoms with Gasteiger partial charge < -0.3 is 0 Å². The van der Waals surface area contributed by atoms with Crippen LogP contribution in [0.2, 0.25) is 0 Å². The van der Waals surface area contributed by atoms with E-state index in [1.54, 1.807) is 11.3 Å². The molecule has 1 nitrogen and oxygen atoms in total. The number of nitrogens with zero attached hydrogens (tertiary/aromatic N) is 1. The Balaban J connectivity index is 2.75. The fourth-order valence-corrected chi connectivity index (χ4v) is 2.04. The summed E-state index contributed by atoms with van der Waals surface area (Å²) < 4.78 is 1.26. The number of fused-ring (bicyclic) bond motifs is 1. The maximum Gasteiger partial charge on any atom is 0.0522 e. The molecule has 0 fully saturated rings. The normalized spacial score (nSPS) is 18.8. The van der Waals surface area contributed by atoms with Crippen LogP contribution in [0.3, 0.4) is 0 Å². The van der Waals surface area contributed by atoms with Gasteiger partial charge in [0, 0.05) is 17.8 Å². The summed E-state index contributed by atoms with van der Waals surface area (Å²) in [7, 11) is 0. The molecule has 0 spiro atoms. The van der Waals surface area contributed by atoms with E-state index in [1.807, 2.05) is 12.4 Å². The highest BCUT2D eigenvalue weighted by Crippen LogP contribution is 2.14. The lowest BCUT2D eigenvalue weighted by atomic mass is 9.94. The molecule has 0 aromatic carbocycles. The van der Waals surface area contributed by atoms with Gasteiger partial charge in [-0.3, -0.25) is 4.99 Å². The van der Waals surface area contributed by atoms with Gasteiger partial charge in [-0.15, -0.1) is 11.3 Å². The maximum absolute atomic E-state index is 4.27. The van der Waals surface area contributed by atoms with Crippen molar-refractivity contribution in [3.05, 3.63) is 21.2 Å². The van der Waals surface area contributed by atoms with Crippen LogP contribution >= 0.6 is 11.3 Å². The summed E-state index contributed by atoms with van der Waals surface area (Å²) in [5.74, 6) is 0. The minimum absolute atomic E-state index is 0.0861. The molecule has 0 amide bonds. The second kappa shape index (κ2) is 2.56. The third-order valence-corrected chi connectivity index (χ3v) is 2.72. The first-order valence-electron chi connectivity index (χ1n) is 3.98. The summed E-state index contributed by atoms with van der Waals surface area (Å²) in [6.07, 6.45) is 6.18. The third kappa shape index (κ3) is 1.34. The molecule has 12 heavy (non-hydrogen) atoms. The van der Waals surface area contributed by atoms with E-state index < -0.39 is 0 Å². The largest absolute Gasteiger partial charge is 0.267 e. The maximum atomic E-state index is 4.27. The molecule has 2 heteroatoms. The van der Waals surface area contributed by atoms with Crippen LogP contribution in [0.5, 0.6) is 0 Å². The van der Waals surface area contributed by atoms with E-state index in [1.165, 1.54) is 9.75 Å². The molecule has 0 atom stereocenters. The highest BCUT2D eigenvalue weighted by molar-refractivity contribution is 7.07. The van der Waals surface area contributed by atoms with Gasteiger partial charge in [0.05, 0.1) is 4.53 Å². The van der Waals surface area contributed by atoms with Crippen molar-refractivity contribution in [2.24, 2.45) is 10.4 Å². The van der Waals surface area contributed by atoms with Crippen molar-refractivity contribution in [1.29, 1.82) is 0 Å². The zero-order chi connectivity index (χ0) is 8.60. The third-order valence-electron chi connectivity index (χ3n) is 1.85. The smallest absolute Gasteiger partial charge is 0.0522 e. The molecule has 1 aromatic heterocycles. The molecular weight excluding hydrogens is 166 g/mol. The number of rotatable bonds is 0. The van der Waals surface area contributed by atoms with E-state index in [-0.39, 0.29) is 5.41 Å². The molecule has 1 aliphatic heterocycles. The van der Waals surface area contributed by atoms with Crippen LogP contribution < -0.4 is 9.75 Å². The zero-order valence-electron chi connectivity index (χ0n) is 7.24. The van der Waals surface area contributed by atoms with Crippen molar-refractivity contribution in [3.8, 4) is 0 Å². The lowest BCUT2D eigenvalue weighted by molar-refractivity contribution is 0.741. The summed E-state index contributed by atoms with van der Waals surface area (Å²) in [6, 6.07) is 2.15. The Morgan fingerprint density at radius 3 is 3.08 bits per heavy atom. The standard InChI is InChI=1S/C10H11NS/c1-10(2)5-8-3-4-12-9(8)6-11-7-10/h3-7H,1-2H3. The molecule has 0 radical (unpaired) electrons. The van der Waals surface area contributed by atoms with Gasteiger partial charge in [0.2, 0.25) is 0 Å². The number of hydrogen-bond donors (Lipinski definition) is 0. The van der Waals surface area contributed by atoms with Crippen LogP contribution in [0.4, 0.5) is 0 Å². The Hall–Kier alpha value is -0.890. The zero-order valence-corrected chi connectivity index (χ0v) is 8.06. The summed E-state index contributed by atoms with van der Waals surface area (Å²) in [6.45, 7) is 4.33. The first-order chi connectivity index (χ1) is 5.67. The van der Waals surface area contributed by atoms with Gasteiger partial charge in [-0.05, 0) is 16.7 Å². The van der Waals surface area contributed by atoms with Gasteiger partial charge in [0.15, 0.2) is 0 Å². The van der Waals surface area contributed by atoms with Crippen LogP contribution in [-0.4, -0.2) is 6.21 Å². The fourth-order valence-electron chi connectivity index (χ4n) is 1.29. The molecule has 0 saturated heterocycles. The molecule has 0 bridgehead atoms. The first-order valence-corrected chi connectivity index (χ1v) is 4.86. The molecule has 0 N–H and O–H groups in total. The van der Waals surface area contributed by atoms with Gasteiger partial charge in [-0.1, -0.05) is 19.9 Å². The summed E-state index contributed by atoms with van der Waals surface area (Å²) in [5.41, 5.74) is 0.0861. The average Bonchev–Trinajstić information content (AvgIpc) is 2.31. The van der Waals surface area contributed by atoms with Crippen LogP contribution in [0.25, 0.3) is 12.3 Å². The molecule has 0 saturated carbocycles. The molecule has 2 rings (SSSR count). The Morgan fingerprint density at radius 2 is 2.25 bits per heavy atom. The molecule has 1 aliphatic rings. The Kier molecular flexibility index (Phi) is 1.65. The highest BCUT2D eigenvalue weighted by atomic mass is 32.1. The van der Waals surface area contributed by atoms with Gasteiger partial charge in [0.25, 0.3) is 0 Å². The quantitative estimate of drug-likeness (QED) is 0.567. The van der Waals surface area contributed by atoms with Gasteiger partial charge in [0.1, 0.15) is 0 Å². The van der Waals surface area contributed by atoms with E-state index in [0.717, 1.165) is 0 Å². The molecule has 0 unspecified atom stereocenters. The molecular formula is C10H11NS. The van der Waals surface area contributed by atoms with E-state index in [4.69, 9.17) is 0 Å². The monoisotopic (exact) mass is 177 g/mol. The minimum Gasteiger partial charge on any atom is -0.267 e. The van der Waals surface area contributed by atoms with Crippen LogP contribution in [0, 0.1) is 5.41 Å². The van der Waals surface area contributed by atoms with Gasteiger partial charge in [-0.2, -0.15) is 0 Å². The summed E-state index contributed by atoms with van der Waals surface area (Å²) >= 11 is 1.74. The van der Waals surface area contributed by atoms with E-state index in [9.17, 15) is 0 Å². The lowest BCUT2D eigenvalue weighted by Gasteiger charge is -2.10. The topological polar surface area (TPSA) is 12.4 Å². The Morgan fingerprint density at radius 1 is 1.42 bits per heavy atom. The molecule has 1 aromatic rings. The van der Waals surface area contributed by atoms with Crippen LogP contribution in [-0.2, 0) is 0 Å². The predicted octanol–water partition coefficient (Wildman–Crippen LogP) is 1.38. The Labute approximate surface area is 75.8 Å². The average molecular weight is 177 g/mol. The molecule has 62 valence electrons. The lowest BCUT2D eigenvalue weighted by Crippen LogP contribution is -2.20. The highest BCUT2D eigenvalue weighted by Gasteiger charge is 2.11. The number of thiophene rings is 1. The first kappa shape index (κ1) is 7.74. The second-order valence-corrected chi connectivity index (χ2v) is 4.56. The van der Waals surface area contributed by atoms with Crippen LogP contribution in [0.1, 0.15) is 13.8 Å².